The molecule has 1 aromatic rings. The van der Waals surface area contributed by atoms with Crippen LogP contribution in [0.25, 0.3) is 0 Å². The molecule has 0 fully saturated rings. The van der Waals surface area contributed by atoms with Gasteiger partial charge in [0, 0.05) is 24.0 Å². The lowest BCUT2D eigenvalue weighted by Crippen LogP contribution is -2.06. The predicted molar refractivity (Wildman–Crippen MR) is 52.7 cm³/mol. The largest absolute Gasteiger partial charge is 0.388 e. The molecule has 3 nitrogen and oxygen atoms in total. The van der Waals surface area contributed by atoms with E-state index in [0.29, 0.717) is 5.84 Å². The summed E-state index contributed by atoms with van der Waals surface area (Å²) in [7, 11) is 0. The SMILES string of the molecule is CC(N)=NCCc1ncc(C)s1. The van der Waals surface area contributed by atoms with E-state index in [9.17, 15) is 0 Å². The lowest BCUT2D eigenvalue weighted by molar-refractivity contribution is 0.949. The van der Waals surface area contributed by atoms with Crippen LogP contribution in [0.5, 0.6) is 0 Å². The van der Waals surface area contributed by atoms with Crippen LogP contribution < -0.4 is 5.73 Å². The zero-order chi connectivity index (χ0) is 8.97. The molecule has 0 spiro atoms. The van der Waals surface area contributed by atoms with Gasteiger partial charge in [-0.2, -0.15) is 0 Å². The number of aryl methyl sites for hydroxylation is 1. The normalized spacial score (nSPS) is 12.0. The van der Waals surface area contributed by atoms with Crippen molar-refractivity contribution in [3.8, 4) is 0 Å². The standard InChI is InChI=1S/C8H13N3S/c1-6-5-11-8(12-6)3-4-10-7(2)9/h5H,3-4H2,1-2H3,(H2,9,10). The first-order chi connectivity index (χ1) is 5.68. The fraction of sp³-hybridized carbons (Fsp3) is 0.500. The van der Waals surface area contributed by atoms with Gasteiger partial charge >= 0.3 is 0 Å². The zero-order valence-corrected chi connectivity index (χ0v) is 8.19. The Labute approximate surface area is 76.4 Å². The van der Waals surface area contributed by atoms with Gasteiger partial charge in [0.2, 0.25) is 0 Å². The summed E-state index contributed by atoms with van der Waals surface area (Å²) in [4.78, 5) is 9.56. The molecule has 0 aliphatic carbocycles. The maximum atomic E-state index is 5.39. The molecule has 0 saturated carbocycles. The van der Waals surface area contributed by atoms with Crippen LogP contribution >= 0.6 is 11.3 Å². The molecule has 0 radical (unpaired) electrons. The number of aliphatic imine (C=N–C) groups is 1. The maximum absolute atomic E-state index is 5.39. The van der Waals surface area contributed by atoms with Gasteiger partial charge in [0.15, 0.2) is 0 Å². The Morgan fingerprint density at radius 1 is 1.75 bits per heavy atom. The molecule has 0 saturated heterocycles. The van der Waals surface area contributed by atoms with Gasteiger partial charge in [-0.15, -0.1) is 11.3 Å². The topological polar surface area (TPSA) is 51.3 Å². The number of aromatic nitrogens is 1. The molecule has 0 aliphatic rings. The molecule has 4 heteroatoms. The van der Waals surface area contributed by atoms with Gasteiger partial charge in [0.25, 0.3) is 0 Å². The van der Waals surface area contributed by atoms with Crippen LogP contribution in [0.1, 0.15) is 16.8 Å². The second-order valence-corrected chi connectivity index (χ2v) is 3.96. The summed E-state index contributed by atoms with van der Waals surface area (Å²) in [5.41, 5.74) is 5.39. The van der Waals surface area contributed by atoms with Gasteiger partial charge in [-0.3, -0.25) is 4.99 Å². The maximum Gasteiger partial charge on any atom is 0.0946 e. The third-order valence-electron chi connectivity index (χ3n) is 1.36. The van der Waals surface area contributed by atoms with E-state index in [1.807, 2.05) is 6.20 Å². The second kappa shape index (κ2) is 4.21. The molecule has 0 atom stereocenters. The molecule has 0 amide bonds. The summed E-state index contributed by atoms with van der Waals surface area (Å²) in [6.07, 6.45) is 2.78. The van der Waals surface area contributed by atoms with Gasteiger partial charge in [0.1, 0.15) is 0 Å². The van der Waals surface area contributed by atoms with Crippen LogP contribution in [0.3, 0.4) is 0 Å². The summed E-state index contributed by atoms with van der Waals surface area (Å²) in [5.74, 6) is 0.642. The highest BCUT2D eigenvalue weighted by molar-refractivity contribution is 7.11. The van der Waals surface area contributed by atoms with Crippen LogP contribution in [0.15, 0.2) is 11.2 Å². The molecule has 0 unspecified atom stereocenters. The Morgan fingerprint density at radius 2 is 2.50 bits per heavy atom. The molecule has 66 valence electrons. The van der Waals surface area contributed by atoms with Crippen molar-refractivity contribution in [1.29, 1.82) is 0 Å². The molecule has 1 aromatic heterocycles. The fourth-order valence-electron chi connectivity index (χ4n) is 0.845. The third-order valence-corrected chi connectivity index (χ3v) is 2.33. The Hall–Kier alpha value is -0.900. The summed E-state index contributed by atoms with van der Waals surface area (Å²) in [6.45, 7) is 4.60. The molecular weight excluding hydrogens is 170 g/mol. The van der Waals surface area contributed by atoms with Crippen molar-refractivity contribution in [1.82, 2.24) is 4.98 Å². The number of rotatable bonds is 3. The molecule has 0 aromatic carbocycles. The summed E-state index contributed by atoms with van der Waals surface area (Å²) >= 11 is 1.72. The average molecular weight is 183 g/mol. The van der Waals surface area contributed by atoms with E-state index in [2.05, 4.69) is 16.9 Å². The van der Waals surface area contributed by atoms with E-state index in [0.717, 1.165) is 18.0 Å². The minimum Gasteiger partial charge on any atom is -0.388 e. The first-order valence-corrected chi connectivity index (χ1v) is 4.68. The number of nitrogens with two attached hydrogens (primary N) is 1. The molecular formula is C8H13N3S. The van der Waals surface area contributed by atoms with Gasteiger partial charge in [0.05, 0.1) is 10.8 Å². The highest BCUT2D eigenvalue weighted by atomic mass is 32.1. The molecule has 2 N–H and O–H groups in total. The molecule has 12 heavy (non-hydrogen) atoms. The Kier molecular flexibility index (Phi) is 3.22. The van der Waals surface area contributed by atoms with Crippen LogP contribution in [0.2, 0.25) is 0 Å². The van der Waals surface area contributed by atoms with E-state index < -0.39 is 0 Å². The lowest BCUT2D eigenvalue weighted by atomic mass is 10.4. The van der Waals surface area contributed by atoms with Gasteiger partial charge in [-0.25, -0.2) is 4.98 Å². The van der Waals surface area contributed by atoms with Crippen molar-refractivity contribution >= 4 is 17.2 Å². The minimum atomic E-state index is 0.642. The lowest BCUT2D eigenvalue weighted by Gasteiger charge is -1.91. The van der Waals surface area contributed by atoms with E-state index in [1.54, 1.807) is 18.3 Å². The predicted octanol–water partition coefficient (Wildman–Crippen LogP) is 1.37. The quantitative estimate of drug-likeness (QED) is 0.568. The van der Waals surface area contributed by atoms with Crippen molar-refractivity contribution < 1.29 is 0 Å². The van der Waals surface area contributed by atoms with Gasteiger partial charge in [-0.05, 0) is 13.8 Å². The average Bonchev–Trinajstić information content (AvgIpc) is 2.35. The number of hydrogen-bond acceptors (Lipinski definition) is 3. The van der Waals surface area contributed by atoms with E-state index in [-0.39, 0.29) is 0 Å². The minimum absolute atomic E-state index is 0.642. The summed E-state index contributed by atoms with van der Waals surface area (Å²) < 4.78 is 0. The van der Waals surface area contributed by atoms with E-state index in [1.165, 1.54) is 4.88 Å². The summed E-state index contributed by atoms with van der Waals surface area (Å²) in [6, 6.07) is 0. The Balaban J connectivity index is 2.38. The number of thiazole rings is 1. The van der Waals surface area contributed by atoms with Gasteiger partial charge in [-0.1, -0.05) is 0 Å². The monoisotopic (exact) mass is 183 g/mol. The van der Waals surface area contributed by atoms with Crippen LogP contribution in [0, 0.1) is 6.92 Å². The molecule has 0 bridgehead atoms. The molecule has 0 aliphatic heterocycles. The van der Waals surface area contributed by atoms with Crippen LogP contribution in [-0.2, 0) is 6.42 Å². The molecule has 1 rings (SSSR count). The second-order valence-electron chi connectivity index (χ2n) is 2.64. The first kappa shape index (κ1) is 9.19. The smallest absolute Gasteiger partial charge is 0.0946 e. The van der Waals surface area contributed by atoms with Crippen molar-refractivity contribution in [3.05, 3.63) is 16.1 Å². The Bertz CT molecular complexity index is 274. The van der Waals surface area contributed by atoms with Gasteiger partial charge < -0.3 is 5.73 Å². The highest BCUT2D eigenvalue weighted by Gasteiger charge is 1.96. The van der Waals surface area contributed by atoms with E-state index >= 15 is 0 Å². The van der Waals surface area contributed by atoms with Crippen molar-refractivity contribution in [2.75, 3.05) is 6.54 Å². The Morgan fingerprint density at radius 3 is 3.00 bits per heavy atom. The number of nitrogens with zero attached hydrogens (tertiary/aromatic N) is 2. The number of hydrogen-bond donors (Lipinski definition) is 1. The number of amidine groups is 1. The zero-order valence-electron chi connectivity index (χ0n) is 7.37. The van der Waals surface area contributed by atoms with Crippen LogP contribution in [0.4, 0.5) is 0 Å². The fourth-order valence-corrected chi connectivity index (χ4v) is 1.62. The van der Waals surface area contributed by atoms with Crippen molar-refractivity contribution in [2.24, 2.45) is 10.7 Å². The van der Waals surface area contributed by atoms with E-state index in [4.69, 9.17) is 5.73 Å². The van der Waals surface area contributed by atoms with Crippen LogP contribution in [-0.4, -0.2) is 17.4 Å². The third kappa shape index (κ3) is 3.00. The summed E-state index contributed by atoms with van der Waals surface area (Å²) in [5, 5.41) is 1.14. The highest BCUT2D eigenvalue weighted by Crippen LogP contribution is 2.11. The first-order valence-electron chi connectivity index (χ1n) is 3.86. The molecule has 1 heterocycles. The van der Waals surface area contributed by atoms with Crippen molar-refractivity contribution in [3.63, 3.8) is 0 Å². The van der Waals surface area contributed by atoms with Crippen molar-refractivity contribution in [2.45, 2.75) is 20.3 Å².